The highest BCUT2D eigenvalue weighted by molar-refractivity contribution is 5.95. The van der Waals surface area contributed by atoms with Crippen molar-refractivity contribution >= 4 is 11.9 Å². The molecule has 0 bridgehead atoms. The van der Waals surface area contributed by atoms with Crippen molar-refractivity contribution < 1.29 is 23.6 Å². The van der Waals surface area contributed by atoms with Crippen molar-refractivity contribution in [1.29, 1.82) is 0 Å². The number of carboxylic acid groups (broad SMARTS) is 1. The molecule has 0 saturated heterocycles. The summed E-state index contributed by atoms with van der Waals surface area (Å²) < 4.78 is 9.89. The molecule has 0 radical (unpaired) electrons. The van der Waals surface area contributed by atoms with Crippen LogP contribution in [0.5, 0.6) is 0 Å². The number of amides is 1. The molecule has 2 N–H and O–H groups in total. The molecule has 2 aromatic heterocycles. The van der Waals surface area contributed by atoms with Crippen molar-refractivity contribution in [2.75, 3.05) is 0 Å². The van der Waals surface area contributed by atoms with E-state index in [-0.39, 0.29) is 18.2 Å². The van der Waals surface area contributed by atoms with Crippen LogP contribution in [-0.4, -0.2) is 22.1 Å². The largest absolute Gasteiger partial charge is 0.475 e. The molecule has 2 aromatic rings. The minimum absolute atomic E-state index is 0.112. The SMILES string of the molecule is O=C(O)c1ccc(CNC(=O)c2conc2C2CC2)o1. The number of carbonyl (C=O) groups excluding carboxylic acids is 1. The summed E-state index contributed by atoms with van der Waals surface area (Å²) in [4.78, 5) is 22.7. The third-order valence-electron chi connectivity index (χ3n) is 3.10. The molecule has 7 heteroatoms. The number of hydrogen-bond acceptors (Lipinski definition) is 5. The first kappa shape index (κ1) is 12.5. The molecule has 1 amide bonds. The van der Waals surface area contributed by atoms with Gasteiger partial charge >= 0.3 is 5.97 Å². The lowest BCUT2D eigenvalue weighted by atomic mass is 10.1. The van der Waals surface area contributed by atoms with Gasteiger partial charge in [-0.3, -0.25) is 4.79 Å². The number of carbonyl (C=O) groups is 2. The number of nitrogens with one attached hydrogen (secondary N) is 1. The molecular formula is C13H12N2O5. The highest BCUT2D eigenvalue weighted by Crippen LogP contribution is 2.40. The van der Waals surface area contributed by atoms with Crippen molar-refractivity contribution in [2.24, 2.45) is 0 Å². The van der Waals surface area contributed by atoms with E-state index >= 15 is 0 Å². The maximum Gasteiger partial charge on any atom is 0.371 e. The summed E-state index contributed by atoms with van der Waals surface area (Å²) in [6, 6.07) is 2.86. The standard InChI is InChI=1S/C13H12N2O5/c16-12(9-6-19-15-11(9)7-1-2-7)14-5-8-3-4-10(20-8)13(17)18/h3-4,6-7H,1-2,5H2,(H,14,16)(H,17,18). The molecule has 1 fully saturated rings. The van der Waals surface area contributed by atoms with Gasteiger partial charge in [0, 0.05) is 5.92 Å². The van der Waals surface area contributed by atoms with Crippen molar-refractivity contribution in [3.05, 3.63) is 41.2 Å². The Balaban J connectivity index is 1.63. The molecule has 0 aliphatic heterocycles. The average Bonchev–Trinajstić information content (AvgIpc) is 2.98. The van der Waals surface area contributed by atoms with E-state index in [2.05, 4.69) is 10.5 Å². The van der Waals surface area contributed by atoms with Crippen molar-refractivity contribution in [1.82, 2.24) is 10.5 Å². The second kappa shape index (κ2) is 4.84. The van der Waals surface area contributed by atoms with Crippen LogP contribution in [0.2, 0.25) is 0 Å². The molecule has 2 heterocycles. The summed E-state index contributed by atoms with van der Waals surface area (Å²) in [5.74, 6) is -0.908. The van der Waals surface area contributed by atoms with Crippen molar-refractivity contribution in [3.8, 4) is 0 Å². The van der Waals surface area contributed by atoms with Gasteiger partial charge in [0.15, 0.2) is 0 Å². The van der Waals surface area contributed by atoms with E-state index in [4.69, 9.17) is 14.0 Å². The third-order valence-corrected chi connectivity index (χ3v) is 3.10. The maximum absolute atomic E-state index is 12.0. The van der Waals surface area contributed by atoms with Gasteiger partial charge in [-0.2, -0.15) is 0 Å². The lowest BCUT2D eigenvalue weighted by Crippen LogP contribution is -2.23. The Morgan fingerprint density at radius 3 is 2.85 bits per heavy atom. The lowest BCUT2D eigenvalue weighted by molar-refractivity contribution is 0.0660. The van der Waals surface area contributed by atoms with Crippen LogP contribution in [0.4, 0.5) is 0 Å². The Morgan fingerprint density at radius 2 is 2.20 bits per heavy atom. The normalized spacial score (nSPS) is 14.2. The molecule has 1 aliphatic carbocycles. The quantitative estimate of drug-likeness (QED) is 0.862. The van der Waals surface area contributed by atoms with Gasteiger partial charge in [0.1, 0.15) is 17.6 Å². The molecule has 3 rings (SSSR count). The van der Waals surface area contributed by atoms with Gasteiger partial charge in [0.2, 0.25) is 5.76 Å². The van der Waals surface area contributed by atoms with Crippen LogP contribution >= 0.6 is 0 Å². The summed E-state index contributed by atoms with van der Waals surface area (Å²) >= 11 is 0. The lowest BCUT2D eigenvalue weighted by Gasteiger charge is -2.02. The highest BCUT2D eigenvalue weighted by atomic mass is 16.5. The van der Waals surface area contributed by atoms with E-state index in [0.717, 1.165) is 12.8 Å². The van der Waals surface area contributed by atoms with E-state index in [1.807, 2.05) is 0 Å². The minimum atomic E-state index is -1.14. The molecule has 0 unspecified atom stereocenters. The number of furan rings is 1. The smallest absolute Gasteiger partial charge is 0.371 e. The molecule has 7 nitrogen and oxygen atoms in total. The van der Waals surface area contributed by atoms with Gasteiger partial charge in [0.05, 0.1) is 12.2 Å². The first-order valence-electron chi connectivity index (χ1n) is 6.19. The summed E-state index contributed by atoms with van der Waals surface area (Å²) in [7, 11) is 0. The fourth-order valence-corrected chi connectivity index (χ4v) is 1.92. The average molecular weight is 276 g/mol. The summed E-state index contributed by atoms with van der Waals surface area (Å²) in [5, 5.41) is 15.2. The van der Waals surface area contributed by atoms with Crippen molar-refractivity contribution in [3.63, 3.8) is 0 Å². The topological polar surface area (TPSA) is 106 Å². The van der Waals surface area contributed by atoms with Crippen LogP contribution in [0.1, 0.15) is 51.1 Å². The van der Waals surface area contributed by atoms with Gasteiger partial charge in [-0.15, -0.1) is 0 Å². The van der Waals surface area contributed by atoms with Gasteiger partial charge in [0.25, 0.3) is 5.91 Å². The summed E-state index contributed by atoms with van der Waals surface area (Å²) in [6.07, 6.45) is 3.37. The van der Waals surface area contributed by atoms with Crippen molar-refractivity contribution in [2.45, 2.75) is 25.3 Å². The Hall–Kier alpha value is -2.57. The molecular weight excluding hydrogens is 264 g/mol. The van der Waals surface area contributed by atoms with Crippen LogP contribution in [0.25, 0.3) is 0 Å². The molecule has 20 heavy (non-hydrogen) atoms. The van der Waals surface area contributed by atoms with E-state index < -0.39 is 5.97 Å². The Kier molecular flexibility index (Phi) is 3.02. The van der Waals surface area contributed by atoms with Gasteiger partial charge in [-0.25, -0.2) is 4.79 Å². The maximum atomic E-state index is 12.0. The van der Waals surface area contributed by atoms with E-state index in [9.17, 15) is 9.59 Å². The van der Waals surface area contributed by atoms with Crippen LogP contribution in [0, 0.1) is 0 Å². The molecule has 1 aliphatic rings. The zero-order chi connectivity index (χ0) is 14.1. The number of hydrogen-bond donors (Lipinski definition) is 2. The van der Waals surface area contributed by atoms with Gasteiger partial charge < -0.3 is 19.4 Å². The Bertz CT molecular complexity index is 653. The second-order valence-electron chi connectivity index (χ2n) is 4.64. The van der Waals surface area contributed by atoms with E-state index in [0.29, 0.717) is 22.9 Å². The number of carboxylic acids is 1. The first-order valence-corrected chi connectivity index (χ1v) is 6.19. The number of nitrogens with zero attached hydrogens (tertiary/aromatic N) is 1. The zero-order valence-electron chi connectivity index (χ0n) is 10.5. The number of aromatic nitrogens is 1. The fraction of sp³-hybridized carbons (Fsp3) is 0.308. The highest BCUT2D eigenvalue weighted by Gasteiger charge is 2.31. The zero-order valence-corrected chi connectivity index (χ0v) is 10.5. The molecule has 0 spiro atoms. The fourth-order valence-electron chi connectivity index (χ4n) is 1.92. The van der Waals surface area contributed by atoms with Gasteiger partial charge in [-0.1, -0.05) is 5.16 Å². The van der Waals surface area contributed by atoms with Crippen LogP contribution in [0.15, 0.2) is 27.3 Å². The Labute approximate surface area is 113 Å². The Morgan fingerprint density at radius 1 is 1.40 bits per heavy atom. The minimum Gasteiger partial charge on any atom is -0.475 e. The summed E-state index contributed by atoms with van der Waals surface area (Å²) in [5.41, 5.74) is 1.12. The first-order chi connectivity index (χ1) is 9.65. The molecule has 1 saturated carbocycles. The third kappa shape index (κ3) is 2.42. The monoisotopic (exact) mass is 276 g/mol. The van der Waals surface area contributed by atoms with E-state index in [1.165, 1.54) is 18.4 Å². The predicted octanol–water partition coefficient (Wildman–Crippen LogP) is 1.77. The number of aromatic carboxylic acids is 1. The number of rotatable bonds is 5. The van der Waals surface area contributed by atoms with Crippen LogP contribution in [0.3, 0.4) is 0 Å². The van der Waals surface area contributed by atoms with Crippen LogP contribution in [-0.2, 0) is 6.54 Å². The summed E-state index contributed by atoms with van der Waals surface area (Å²) in [6.45, 7) is 0.112. The second-order valence-corrected chi connectivity index (χ2v) is 4.64. The van der Waals surface area contributed by atoms with Crippen LogP contribution < -0.4 is 5.32 Å². The predicted molar refractivity (Wildman–Crippen MR) is 65.3 cm³/mol. The van der Waals surface area contributed by atoms with Gasteiger partial charge in [-0.05, 0) is 25.0 Å². The molecule has 104 valence electrons. The van der Waals surface area contributed by atoms with E-state index in [1.54, 1.807) is 0 Å². The molecule has 0 atom stereocenters. The molecule has 0 aromatic carbocycles.